The monoisotopic (exact) mass is 288 g/mol. The van der Waals surface area contributed by atoms with Gasteiger partial charge in [0.05, 0.1) is 12.5 Å². The van der Waals surface area contributed by atoms with Crippen molar-refractivity contribution in [1.29, 1.82) is 5.26 Å². The number of nitrogens with zero attached hydrogens (tertiary/aromatic N) is 1. The third kappa shape index (κ3) is 3.82. The largest absolute Gasteiger partial charge is 0.380 e. The van der Waals surface area contributed by atoms with Crippen molar-refractivity contribution in [2.75, 3.05) is 0 Å². The van der Waals surface area contributed by atoms with Crippen LogP contribution in [0.3, 0.4) is 0 Å². The third-order valence-corrected chi connectivity index (χ3v) is 3.06. The minimum Gasteiger partial charge on any atom is -0.371 e. The van der Waals surface area contributed by atoms with Crippen LogP contribution < -0.4 is 9.32 Å². The summed E-state index contributed by atoms with van der Waals surface area (Å²) < 4.78 is 26.1. The van der Waals surface area contributed by atoms with Gasteiger partial charge in [-0.1, -0.05) is 36.4 Å². The summed E-state index contributed by atoms with van der Waals surface area (Å²) in [6, 6.07) is 16.2. The van der Waals surface area contributed by atoms with Gasteiger partial charge in [0.1, 0.15) is 5.75 Å². The first-order valence-electron chi connectivity index (χ1n) is 5.76. The number of hydrogen-bond acceptors (Lipinski definition) is 4. The first kappa shape index (κ1) is 14.1. The van der Waals surface area contributed by atoms with Crippen molar-refractivity contribution in [1.82, 2.24) is 0 Å². The summed E-state index contributed by atoms with van der Waals surface area (Å²) in [5.41, 5.74) is 2.83. The molecule has 0 saturated heterocycles. The maximum absolute atomic E-state index is 10.8. The van der Waals surface area contributed by atoms with E-state index in [1.807, 2.05) is 24.3 Å². The maximum atomic E-state index is 10.8. The molecule has 0 spiro atoms. The van der Waals surface area contributed by atoms with Gasteiger partial charge in [-0.05, 0) is 28.8 Å². The molecule has 20 heavy (non-hydrogen) atoms. The Hall–Kier alpha value is -2.36. The van der Waals surface area contributed by atoms with Crippen LogP contribution in [-0.2, 0) is 16.7 Å². The Balaban J connectivity index is 2.19. The molecule has 2 N–H and O–H groups in total. The second-order valence-electron chi connectivity index (χ2n) is 4.13. The maximum Gasteiger partial charge on any atom is 0.380 e. The lowest BCUT2D eigenvalue weighted by molar-refractivity contribution is 0.488. The molecule has 2 rings (SSSR count). The molecule has 0 saturated carbocycles. The zero-order chi connectivity index (χ0) is 14.6. The lowest BCUT2D eigenvalue weighted by Gasteiger charge is -2.05. The molecule has 102 valence electrons. The number of nitriles is 1. The molecule has 2 aromatic carbocycles. The molecule has 0 atom stereocenters. The Bertz CT molecular complexity index is 729. The smallest absolute Gasteiger partial charge is 0.371 e. The molecular weight excluding hydrogens is 276 g/mol. The van der Waals surface area contributed by atoms with Crippen molar-refractivity contribution in [2.45, 2.75) is 6.42 Å². The molecule has 0 aromatic heterocycles. The van der Waals surface area contributed by atoms with Gasteiger partial charge in [-0.3, -0.25) is 0 Å². The van der Waals surface area contributed by atoms with Gasteiger partial charge in [0.25, 0.3) is 0 Å². The van der Waals surface area contributed by atoms with E-state index >= 15 is 0 Å². The second-order valence-corrected chi connectivity index (χ2v) is 5.28. The highest BCUT2D eigenvalue weighted by atomic mass is 32.2. The molecule has 0 unspecified atom stereocenters. The van der Waals surface area contributed by atoms with E-state index in [4.69, 9.17) is 10.4 Å². The highest BCUT2D eigenvalue weighted by molar-refractivity contribution is 7.84. The molecule has 6 heteroatoms. The number of benzene rings is 2. The Kier molecular flexibility index (Phi) is 4.03. The summed E-state index contributed by atoms with van der Waals surface area (Å²) in [5.74, 6) is 0.164. The van der Waals surface area contributed by atoms with Gasteiger partial charge in [0.15, 0.2) is 0 Å². The molecular formula is C14H12N2O3S. The summed E-state index contributed by atoms with van der Waals surface area (Å²) in [4.78, 5) is 0. The quantitative estimate of drug-likeness (QED) is 0.931. The lowest BCUT2D eigenvalue weighted by Crippen LogP contribution is -2.18. The average molecular weight is 288 g/mol. The Labute approximate surface area is 117 Å². The van der Waals surface area contributed by atoms with Crippen LogP contribution in [0.25, 0.3) is 11.1 Å². The van der Waals surface area contributed by atoms with Crippen molar-refractivity contribution in [2.24, 2.45) is 5.14 Å². The van der Waals surface area contributed by atoms with Gasteiger partial charge in [-0.15, -0.1) is 0 Å². The van der Waals surface area contributed by atoms with Gasteiger partial charge in [-0.2, -0.15) is 18.8 Å². The predicted octanol–water partition coefficient (Wildman–Crippen LogP) is 2.00. The molecule has 0 radical (unpaired) electrons. The highest BCUT2D eigenvalue weighted by Crippen LogP contribution is 2.23. The van der Waals surface area contributed by atoms with E-state index in [-0.39, 0.29) is 5.75 Å². The topological polar surface area (TPSA) is 93.2 Å². The van der Waals surface area contributed by atoms with Crippen molar-refractivity contribution in [3.8, 4) is 22.9 Å². The summed E-state index contributed by atoms with van der Waals surface area (Å²) in [6.45, 7) is 0. The molecule has 0 fully saturated rings. The fraction of sp³-hybridized carbons (Fsp3) is 0.0714. The van der Waals surface area contributed by atoms with Crippen LogP contribution in [0.15, 0.2) is 48.5 Å². The standard InChI is InChI=1S/C14H12N2O3S/c15-10-9-11-1-3-12(4-2-11)13-5-7-14(8-6-13)19-20(16,17)18/h1-8H,9H2,(H2,16,17,18). The Morgan fingerprint density at radius 3 is 1.95 bits per heavy atom. The molecule has 0 heterocycles. The third-order valence-electron chi connectivity index (χ3n) is 2.64. The summed E-state index contributed by atoms with van der Waals surface area (Å²) in [7, 11) is -4.00. The molecule has 0 bridgehead atoms. The molecule has 0 aliphatic heterocycles. The van der Waals surface area contributed by atoms with Gasteiger partial charge >= 0.3 is 10.3 Å². The van der Waals surface area contributed by atoms with Crippen LogP contribution in [0.5, 0.6) is 5.75 Å². The fourth-order valence-corrected chi connectivity index (χ4v) is 2.12. The number of nitrogens with two attached hydrogens (primary N) is 1. The highest BCUT2D eigenvalue weighted by Gasteiger charge is 2.05. The zero-order valence-electron chi connectivity index (χ0n) is 10.5. The van der Waals surface area contributed by atoms with Crippen LogP contribution in [0.2, 0.25) is 0 Å². The van der Waals surface area contributed by atoms with E-state index in [2.05, 4.69) is 10.3 Å². The molecule has 0 amide bonds. The predicted molar refractivity (Wildman–Crippen MR) is 74.9 cm³/mol. The number of hydrogen-bond donors (Lipinski definition) is 1. The van der Waals surface area contributed by atoms with Crippen LogP contribution in [0.4, 0.5) is 0 Å². The van der Waals surface area contributed by atoms with Crippen molar-refractivity contribution in [3.05, 3.63) is 54.1 Å². The van der Waals surface area contributed by atoms with E-state index < -0.39 is 10.3 Å². The first-order valence-corrected chi connectivity index (χ1v) is 7.23. The van der Waals surface area contributed by atoms with Crippen LogP contribution >= 0.6 is 0 Å². The van der Waals surface area contributed by atoms with Crippen molar-refractivity contribution < 1.29 is 12.6 Å². The minimum atomic E-state index is -4.00. The van der Waals surface area contributed by atoms with Crippen molar-refractivity contribution in [3.63, 3.8) is 0 Å². The van der Waals surface area contributed by atoms with Crippen LogP contribution in [0, 0.1) is 11.3 Å². The van der Waals surface area contributed by atoms with E-state index in [0.717, 1.165) is 16.7 Å². The summed E-state index contributed by atoms with van der Waals surface area (Å²) in [6.07, 6.45) is 0.376. The zero-order valence-corrected chi connectivity index (χ0v) is 11.3. The van der Waals surface area contributed by atoms with Crippen LogP contribution in [-0.4, -0.2) is 8.42 Å². The molecule has 0 aliphatic rings. The van der Waals surface area contributed by atoms with E-state index in [9.17, 15) is 8.42 Å². The minimum absolute atomic E-state index is 0.164. The van der Waals surface area contributed by atoms with E-state index in [1.165, 1.54) is 12.1 Å². The van der Waals surface area contributed by atoms with E-state index in [1.54, 1.807) is 12.1 Å². The SMILES string of the molecule is N#CCc1ccc(-c2ccc(OS(N)(=O)=O)cc2)cc1. The van der Waals surface area contributed by atoms with Gasteiger partial charge in [0, 0.05) is 0 Å². The summed E-state index contributed by atoms with van der Waals surface area (Å²) >= 11 is 0. The molecule has 5 nitrogen and oxygen atoms in total. The van der Waals surface area contributed by atoms with Gasteiger partial charge in [0.2, 0.25) is 0 Å². The van der Waals surface area contributed by atoms with Crippen LogP contribution in [0.1, 0.15) is 5.56 Å². The average Bonchev–Trinajstić information content (AvgIpc) is 2.39. The lowest BCUT2D eigenvalue weighted by atomic mass is 10.0. The summed E-state index contributed by atoms with van der Waals surface area (Å²) in [5, 5.41) is 13.4. The molecule has 0 aliphatic carbocycles. The molecule has 2 aromatic rings. The second kappa shape index (κ2) is 5.74. The Morgan fingerprint density at radius 1 is 1.00 bits per heavy atom. The van der Waals surface area contributed by atoms with Gasteiger partial charge in [-0.25, -0.2) is 0 Å². The number of rotatable bonds is 4. The van der Waals surface area contributed by atoms with E-state index in [0.29, 0.717) is 6.42 Å². The van der Waals surface area contributed by atoms with Gasteiger partial charge < -0.3 is 4.18 Å². The normalized spacial score (nSPS) is 10.8. The Morgan fingerprint density at radius 2 is 1.50 bits per heavy atom. The van der Waals surface area contributed by atoms with Crippen molar-refractivity contribution >= 4 is 10.3 Å². The fourth-order valence-electron chi connectivity index (χ4n) is 1.74. The first-order chi connectivity index (χ1) is 9.48.